The SMILES string of the molecule is Cn1c(SC/C=C\c2ccccc2)nnc1-c1ccccn1. The molecule has 3 aromatic rings. The smallest absolute Gasteiger partial charge is 0.191 e. The first-order valence-corrected chi connectivity index (χ1v) is 7.98. The molecule has 5 heteroatoms. The number of thioether (sulfide) groups is 1. The quantitative estimate of drug-likeness (QED) is 0.674. The van der Waals surface area contributed by atoms with Crippen LogP contribution in [-0.2, 0) is 7.05 Å². The predicted octanol–water partition coefficient (Wildman–Crippen LogP) is 3.68. The highest BCUT2D eigenvalue weighted by Gasteiger charge is 2.10. The summed E-state index contributed by atoms with van der Waals surface area (Å²) in [6.45, 7) is 0. The fourth-order valence-electron chi connectivity index (χ4n) is 2.03. The summed E-state index contributed by atoms with van der Waals surface area (Å²) in [7, 11) is 1.97. The van der Waals surface area contributed by atoms with Crippen molar-refractivity contribution in [3.63, 3.8) is 0 Å². The molecule has 0 amide bonds. The summed E-state index contributed by atoms with van der Waals surface area (Å²) >= 11 is 1.66. The van der Waals surface area contributed by atoms with E-state index in [4.69, 9.17) is 0 Å². The van der Waals surface area contributed by atoms with E-state index in [9.17, 15) is 0 Å². The van der Waals surface area contributed by atoms with E-state index in [1.54, 1.807) is 18.0 Å². The fourth-order valence-corrected chi connectivity index (χ4v) is 2.75. The van der Waals surface area contributed by atoms with Crippen molar-refractivity contribution < 1.29 is 0 Å². The van der Waals surface area contributed by atoms with E-state index >= 15 is 0 Å². The van der Waals surface area contributed by atoms with Gasteiger partial charge in [0, 0.05) is 19.0 Å². The molecule has 0 bridgehead atoms. The Morgan fingerprint density at radius 2 is 1.86 bits per heavy atom. The topological polar surface area (TPSA) is 43.6 Å². The maximum Gasteiger partial charge on any atom is 0.191 e. The average molecular weight is 308 g/mol. The Morgan fingerprint density at radius 3 is 2.64 bits per heavy atom. The molecule has 1 aromatic carbocycles. The Balaban J connectivity index is 1.65. The average Bonchev–Trinajstić information content (AvgIpc) is 2.94. The van der Waals surface area contributed by atoms with Crippen LogP contribution in [0.3, 0.4) is 0 Å². The third-order valence-electron chi connectivity index (χ3n) is 3.15. The van der Waals surface area contributed by atoms with Crippen LogP contribution in [0.1, 0.15) is 5.56 Å². The van der Waals surface area contributed by atoms with Crippen molar-refractivity contribution in [2.75, 3.05) is 5.75 Å². The molecule has 2 aromatic heterocycles. The van der Waals surface area contributed by atoms with Gasteiger partial charge in [0.25, 0.3) is 0 Å². The Bertz CT molecular complexity index is 751. The normalized spacial score (nSPS) is 11.1. The molecule has 0 saturated carbocycles. The van der Waals surface area contributed by atoms with Crippen LogP contribution in [0.15, 0.2) is 66.0 Å². The van der Waals surface area contributed by atoms with E-state index in [2.05, 4.69) is 39.5 Å². The zero-order valence-corrected chi connectivity index (χ0v) is 13.1. The first-order valence-electron chi connectivity index (χ1n) is 7.00. The van der Waals surface area contributed by atoms with E-state index < -0.39 is 0 Å². The van der Waals surface area contributed by atoms with Gasteiger partial charge in [0.05, 0.1) is 0 Å². The van der Waals surface area contributed by atoms with Crippen molar-refractivity contribution in [2.24, 2.45) is 7.05 Å². The first-order chi connectivity index (χ1) is 10.8. The van der Waals surface area contributed by atoms with E-state index in [1.807, 2.05) is 48.0 Å². The minimum absolute atomic E-state index is 0.787. The number of aromatic nitrogens is 4. The molecule has 0 radical (unpaired) electrons. The lowest BCUT2D eigenvalue weighted by Crippen LogP contribution is -1.96. The molecule has 0 atom stereocenters. The van der Waals surface area contributed by atoms with Gasteiger partial charge in [-0.2, -0.15) is 0 Å². The molecule has 4 nitrogen and oxygen atoms in total. The van der Waals surface area contributed by atoms with E-state index in [0.717, 1.165) is 22.4 Å². The summed E-state index contributed by atoms with van der Waals surface area (Å²) in [5, 5.41) is 9.35. The predicted molar refractivity (Wildman–Crippen MR) is 90.4 cm³/mol. The molecule has 110 valence electrons. The standard InChI is InChI=1S/C17H16N4S/c1-21-16(15-11-5-6-12-18-15)19-20-17(21)22-13-7-10-14-8-3-2-4-9-14/h2-12H,13H2,1H3/b10-7-. The van der Waals surface area contributed by atoms with Gasteiger partial charge in [0.15, 0.2) is 11.0 Å². The van der Waals surface area contributed by atoms with Crippen LogP contribution in [0.4, 0.5) is 0 Å². The highest BCUT2D eigenvalue weighted by Crippen LogP contribution is 2.21. The van der Waals surface area contributed by atoms with Gasteiger partial charge >= 0.3 is 0 Å². The number of nitrogens with zero attached hydrogens (tertiary/aromatic N) is 4. The minimum atomic E-state index is 0.787. The second kappa shape index (κ2) is 7.04. The molecular formula is C17H16N4S. The number of benzene rings is 1. The molecule has 0 fully saturated rings. The van der Waals surface area contributed by atoms with Crippen molar-refractivity contribution in [1.29, 1.82) is 0 Å². The summed E-state index contributed by atoms with van der Waals surface area (Å²) in [6.07, 6.45) is 6.01. The van der Waals surface area contributed by atoms with Crippen molar-refractivity contribution >= 4 is 17.8 Å². The number of rotatable bonds is 5. The van der Waals surface area contributed by atoms with Gasteiger partial charge in [-0.3, -0.25) is 4.98 Å². The van der Waals surface area contributed by atoms with Crippen LogP contribution >= 0.6 is 11.8 Å². The second-order valence-electron chi connectivity index (χ2n) is 4.70. The maximum atomic E-state index is 4.31. The largest absolute Gasteiger partial charge is 0.304 e. The van der Waals surface area contributed by atoms with Gasteiger partial charge < -0.3 is 4.57 Å². The Hall–Kier alpha value is -2.40. The molecule has 0 aliphatic carbocycles. The van der Waals surface area contributed by atoms with Crippen LogP contribution in [0, 0.1) is 0 Å². The second-order valence-corrected chi connectivity index (χ2v) is 5.69. The van der Waals surface area contributed by atoms with E-state index in [-0.39, 0.29) is 0 Å². The van der Waals surface area contributed by atoms with Crippen molar-refractivity contribution in [2.45, 2.75) is 5.16 Å². The zero-order valence-electron chi connectivity index (χ0n) is 12.3. The third-order valence-corrected chi connectivity index (χ3v) is 4.12. The van der Waals surface area contributed by atoms with Gasteiger partial charge in [-0.05, 0) is 17.7 Å². The Kier molecular flexibility index (Phi) is 4.65. The lowest BCUT2D eigenvalue weighted by atomic mass is 10.2. The summed E-state index contributed by atoms with van der Waals surface area (Å²) < 4.78 is 1.98. The van der Waals surface area contributed by atoms with Crippen LogP contribution < -0.4 is 0 Å². The van der Waals surface area contributed by atoms with Gasteiger partial charge in [0.1, 0.15) is 5.69 Å². The molecule has 0 aliphatic heterocycles. The molecular weight excluding hydrogens is 292 g/mol. The summed E-state index contributed by atoms with van der Waals surface area (Å²) in [4.78, 5) is 4.31. The minimum Gasteiger partial charge on any atom is -0.304 e. The lowest BCUT2D eigenvalue weighted by molar-refractivity contribution is 0.793. The highest BCUT2D eigenvalue weighted by molar-refractivity contribution is 7.99. The van der Waals surface area contributed by atoms with Crippen molar-refractivity contribution in [1.82, 2.24) is 19.7 Å². The summed E-state index contributed by atoms with van der Waals surface area (Å²) in [5.41, 5.74) is 2.04. The van der Waals surface area contributed by atoms with E-state index in [1.165, 1.54) is 5.56 Å². The molecule has 3 rings (SSSR count). The Labute approximate surface area is 133 Å². The molecule has 0 aliphatic rings. The van der Waals surface area contributed by atoms with Gasteiger partial charge in [-0.25, -0.2) is 0 Å². The van der Waals surface area contributed by atoms with Gasteiger partial charge in [0.2, 0.25) is 0 Å². The number of hydrogen-bond acceptors (Lipinski definition) is 4. The molecule has 0 N–H and O–H groups in total. The molecule has 2 heterocycles. The summed E-state index contributed by atoms with van der Waals surface area (Å²) in [6, 6.07) is 16.0. The van der Waals surface area contributed by atoms with Crippen LogP contribution in [-0.4, -0.2) is 25.5 Å². The van der Waals surface area contributed by atoms with Gasteiger partial charge in [-0.1, -0.05) is 60.3 Å². The first kappa shape index (κ1) is 14.5. The zero-order chi connectivity index (χ0) is 15.2. The van der Waals surface area contributed by atoms with Crippen LogP contribution in [0.2, 0.25) is 0 Å². The molecule has 0 spiro atoms. The number of pyridine rings is 1. The van der Waals surface area contributed by atoms with Crippen LogP contribution in [0.5, 0.6) is 0 Å². The molecule has 0 unspecified atom stereocenters. The van der Waals surface area contributed by atoms with E-state index in [0.29, 0.717) is 0 Å². The fraction of sp³-hybridized carbons (Fsp3) is 0.118. The number of hydrogen-bond donors (Lipinski definition) is 0. The highest BCUT2D eigenvalue weighted by atomic mass is 32.2. The monoisotopic (exact) mass is 308 g/mol. The summed E-state index contributed by atoms with van der Waals surface area (Å²) in [5.74, 6) is 1.64. The van der Waals surface area contributed by atoms with Crippen molar-refractivity contribution in [3.8, 4) is 11.5 Å². The molecule has 22 heavy (non-hydrogen) atoms. The van der Waals surface area contributed by atoms with Crippen molar-refractivity contribution in [3.05, 3.63) is 66.4 Å². The maximum absolute atomic E-state index is 4.31. The molecule has 0 saturated heterocycles. The van der Waals surface area contributed by atoms with Crippen LogP contribution in [0.25, 0.3) is 17.6 Å². The van der Waals surface area contributed by atoms with Gasteiger partial charge in [-0.15, -0.1) is 10.2 Å². The third kappa shape index (κ3) is 3.43. The Morgan fingerprint density at radius 1 is 1.05 bits per heavy atom. The lowest BCUT2D eigenvalue weighted by Gasteiger charge is -2.01.